The number of ether oxygens (including phenoxy) is 1. The van der Waals surface area contributed by atoms with Crippen molar-refractivity contribution in [1.82, 2.24) is 20.3 Å². The number of nitrogens with zero attached hydrogens (tertiary/aromatic N) is 3. The van der Waals surface area contributed by atoms with Crippen molar-refractivity contribution in [1.29, 1.82) is 0 Å². The molecule has 0 unspecified atom stereocenters. The van der Waals surface area contributed by atoms with Crippen molar-refractivity contribution in [3.8, 4) is 5.75 Å². The van der Waals surface area contributed by atoms with Gasteiger partial charge in [0.15, 0.2) is 0 Å². The number of hydrogen-bond acceptors (Lipinski definition) is 5. The molecule has 0 bridgehead atoms. The minimum Gasteiger partial charge on any atom is -0.405 e. The van der Waals surface area contributed by atoms with Crippen LogP contribution in [-0.2, 0) is 18.8 Å². The average molecular weight is 424 g/mol. The average Bonchev–Trinajstić information content (AvgIpc) is 2.98. The number of aliphatic hydroxyl groups is 1. The second kappa shape index (κ2) is 7.17. The molecule has 29 heavy (non-hydrogen) atoms. The highest BCUT2D eigenvalue weighted by atomic mass is 19.4. The van der Waals surface area contributed by atoms with Gasteiger partial charge in [-0.3, -0.25) is 4.68 Å². The Kier molecular flexibility index (Phi) is 5.28. The molecule has 1 saturated heterocycles. The van der Waals surface area contributed by atoms with Crippen LogP contribution in [0.25, 0.3) is 0 Å². The topological polar surface area (TPSA) is 72.2 Å². The first kappa shape index (κ1) is 21.4. The summed E-state index contributed by atoms with van der Waals surface area (Å²) < 4.78 is 82.3. The van der Waals surface area contributed by atoms with Crippen LogP contribution in [0.4, 0.5) is 26.3 Å². The number of alkyl halides is 6. The number of hydrogen-bond donors (Lipinski definition) is 2. The van der Waals surface area contributed by atoms with E-state index < -0.39 is 35.5 Å². The second-order valence-corrected chi connectivity index (χ2v) is 7.13. The lowest BCUT2D eigenvalue weighted by molar-refractivity contribution is -0.276. The fourth-order valence-electron chi connectivity index (χ4n) is 3.59. The summed E-state index contributed by atoms with van der Waals surface area (Å²) in [5, 5.41) is 22.1. The largest absolute Gasteiger partial charge is 0.573 e. The summed E-state index contributed by atoms with van der Waals surface area (Å²) in [5.74, 6) is -1.40. The van der Waals surface area contributed by atoms with Crippen LogP contribution < -0.4 is 10.1 Å². The lowest BCUT2D eigenvalue weighted by Gasteiger charge is -2.41. The van der Waals surface area contributed by atoms with E-state index in [1.54, 1.807) is 20.2 Å². The highest BCUT2D eigenvalue weighted by Crippen LogP contribution is 2.44. The van der Waals surface area contributed by atoms with Gasteiger partial charge in [-0.1, -0.05) is 11.3 Å². The Hall–Kier alpha value is -2.34. The summed E-state index contributed by atoms with van der Waals surface area (Å²) in [7, 11) is 1.64. The van der Waals surface area contributed by atoms with E-state index in [1.807, 2.05) is 0 Å². The number of aryl methyl sites for hydroxylation is 1. The summed E-state index contributed by atoms with van der Waals surface area (Å²) in [4.78, 5) is 0. The van der Waals surface area contributed by atoms with E-state index in [9.17, 15) is 31.4 Å². The first-order valence-electron chi connectivity index (χ1n) is 8.59. The fourth-order valence-corrected chi connectivity index (χ4v) is 3.59. The molecule has 160 valence electrons. The van der Waals surface area contributed by atoms with Crippen molar-refractivity contribution >= 4 is 0 Å². The molecule has 12 heteroatoms. The van der Waals surface area contributed by atoms with Crippen molar-refractivity contribution in [3.05, 3.63) is 41.2 Å². The molecule has 1 aromatic heterocycles. The minimum atomic E-state index is -5.31. The molecule has 0 radical (unpaired) electrons. The molecule has 0 saturated carbocycles. The molecule has 2 heterocycles. The van der Waals surface area contributed by atoms with Crippen molar-refractivity contribution in [2.75, 3.05) is 0 Å². The van der Waals surface area contributed by atoms with Gasteiger partial charge in [0.25, 0.3) is 0 Å². The highest BCUT2D eigenvalue weighted by Gasteiger charge is 2.43. The van der Waals surface area contributed by atoms with Crippen LogP contribution in [0.2, 0.25) is 0 Å². The Labute approximate surface area is 161 Å². The third-order valence-electron chi connectivity index (χ3n) is 4.70. The molecular weight excluding hydrogens is 406 g/mol. The van der Waals surface area contributed by atoms with E-state index in [-0.39, 0.29) is 24.4 Å². The van der Waals surface area contributed by atoms with E-state index in [0.29, 0.717) is 17.8 Å². The van der Waals surface area contributed by atoms with Crippen LogP contribution in [-0.4, -0.2) is 32.5 Å². The van der Waals surface area contributed by atoms with Crippen molar-refractivity contribution in [3.63, 3.8) is 0 Å². The molecular formula is C17H18F6N4O2. The Morgan fingerprint density at radius 3 is 2.45 bits per heavy atom. The summed E-state index contributed by atoms with van der Waals surface area (Å²) in [5.41, 5.74) is -2.88. The number of aromatic nitrogens is 3. The van der Waals surface area contributed by atoms with Gasteiger partial charge in [0.2, 0.25) is 0 Å². The van der Waals surface area contributed by atoms with Gasteiger partial charge in [-0.2, -0.15) is 13.2 Å². The van der Waals surface area contributed by atoms with E-state index >= 15 is 0 Å². The molecule has 1 aromatic carbocycles. The van der Waals surface area contributed by atoms with Crippen molar-refractivity contribution in [2.45, 2.75) is 50.0 Å². The lowest BCUT2D eigenvalue weighted by atomic mass is 9.78. The molecule has 3 rings (SSSR count). The Morgan fingerprint density at radius 1 is 1.21 bits per heavy atom. The normalized spacial score (nSPS) is 25.8. The molecule has 1 aliphatic heterocycles. The lowest BCUT2D eigenvalue weighted by Crippen LogP contribution is -2.47. The van der Waals surface area contributed by atoms with Crippen molar-refractivity contribution in [2.24, 2.45) is 7.05 Å². The van der Waals surface area contributed by atoms with Crippen LogP contribution in [0.1, 0.15) is 42.6 Å². The van der Waals surface area contributed by atoms with Gasteiger partial charge in [0.05, 0.1) is 22.9 Å². The van der Waals surface area contributed by atoms with Gasteiger partial charge in [0.1, 0.15) is 5.75 Å². The maximum Gasteiger partial charge on any atom is 0.573 e. The number of rotatable bonds is 3. The monoisotopic (exact) mass is 424 g/mol. The molecule has 0 amide bonds. The van der Waals surface area contributed by atoms with Gasteiger partial charge >= 0.3 is 12.5 Å². The predicted octanol–water partition coefficient (Wildman–Crippen LogP) is 3.43. The number of piperidine rings is 1. The van der Waals surface area contributed by atoms with Crippen molar-refractivity contribution < 1.29 is 36.2 Å². The van der Waals surface area contributed by atoms with Gasteiger partial charge in [-0.25, -0.2) is 0 Å². The fraction of sp³-hybridized carbons (Fsp3) is 0.529. The van der Waals surface area contributed by atoms with Gasteiger partial charge in [0, 0.05) is 25.7 Å². The third kappa shape index (κ3) is 4.81. The zero-order valence-corrected chi connectivity index (χ0v) is 15.3. The zero-order chi connectivity index (χ0) is 21.6. The van der Waals surface area contributed by atoms with Crippen LogP contribution in [0, 0.1) is 0 Å². The third-order valence-corrected chi connectivity index (χ3v) is 4.70. The molecule has 2 N–H and O–H groups in total. The van der Waals surface area contributed by atoms with Gasteiger partial charge in [-0.05, 0) is 31.0 Å². The standard InChI is InChI=1S/C17H18F6N4O2/c1-9-6-15(28,7-12(24-9)13-8-27(2)26-25-13)10-3-4-11(16(18,19)20)14(5-10)29-17(21,22)23/h3-5,8-9,12,24,28H,6-7H2,1-2H3/t9-,12-,15-/m0/s1. The maximum atomic E-state index is 13.1. The van der Waals surface area contributed by atoms with E-state index in [4.69, 9.17) is 0 Å². The zero-order valence-electron chi connectivity index (χ0n) is 15.3. The van der Waals surface area contributed by atoms with Crippen LogP contribution in [0.15, 0.2) is 24.4 Å². The summed E-state index contributed by atoms with van der Waals surface area (Å²) in [6, 6.07) is 1.26. The molecule has 1 aliphatic rings. The second-order valence-electron chi connectivity index (χ2n) is 7.13. The Balaban J connectivity index is 2.00. The minimum absolute atomic E-state index is 0.0210. The number of halogens is 6. The van der Waals surface area contributed by atoms with Crippen LogP contribution >= 0.6 is 0 Å². The van der Waals surface area contributed by atoms with Gasteiger partial charge in [-0.15, -0.1) is 18.3 Å². The first-order chi connectivity index (χ1) is 13.3. The SMILES string of the molecule is C[C@H]1C[C@@](O)(c2ccc(C(F)(F)F)c(OC(F)(F)F)c2)C[C@@H](c2cn(C)nn2)N1. The van der Waals surface area contributed by atoms with Crippen LogP contribution in [0.5, 0.6) is 5.75 Å². The quantitative estimate of drug-likeness (QED) is 0.739. The molecule has 2 aromatic rings. The number of benzene rings is 1. The summed E-state index contributed by atoms with van der Waals surface area (Å²) in [6.45, 7) is 1.74. The van der Waals surface area contributed by atoms with E-state index in [2.05, 4.69) is 20.4 Å². The Morgan fingerprint density at radius 2 is 1.90 bits per heavy atom. The molecule has 0 spiro atoms. The maximum absolute atomic E-state index is 13.1. The molecule has 0 aliphatic carbocycles. The van der Waals surface area contributed by atoms with Crippen LogP contribution in [0.3, 0.4) is 0 Å². The molecule has 3 atom stereocenters. The summed E-state index contributed by atoms with van der Waals surface area (Å²) in [6.07, 6.45) is -8.70. The predicted molar refractivity (Wildman–Crippen MR) is 87.6 cm³/mol. The Bertz CT molecular complexity index is 882. The molecule has 1 fully saturated rings. The smallest absolute Gasteiger partial charge is 0.405 e. The molecule has 6 nitrogen and oxygen atoms in total. The summed E-state index contributed by atoms with van der Waals surface area (Å²) >= 11 is 0. The van der Waals surface area contributed by atoms with E-state index in [1.165, 1.54) is 4.68 Å². The first-order valence-corrected chi connectivity index (χ1v) is 8.59. The highest BCUT2D eigenvalue weighted by molar-refractivity contribution is 5.42. The number of nitrogens with one attached hydrogen (secondary N) is 1. The van der Waals surface area contributed by atoms with Gasteiger partial charge < -0.3 is 15.2 Å². The van der Waals surface area contributed by atoms with E-state index in [0.717, 1.165) is 6.07 Å².